The van der Waals surface area contributed by atoms with Crippen molar-refractivity contribution in [1.82, 2.24) is 14.8 Å². The molecule has 1 aromatic carbocycles. The SMILES string of the molecule is CSCC[C@]1(C)CC[C@@H](COc2ccc(OC(F)(F)F)cc2)[C@H](Cn2cncn2)C1=O. The van der Waals surface area contributed by atoms with Gasteiger partial charge < -0.3 is 9.47 Å². The highest BCUT2D eigenvalue weighted by Gasteiger charge is 2.45. The number of carbonyl (C=O) groups is 1. The monoisotopic (exact) mass is 457 g/mol. The second-order valence-electron chi connectivity index (χ2n) is 8.02. The van der Waals surface area contributed by atoms with Crippen LogP contribution < -0.4 is 9.47 Å². The zero-order valence-corrected chi connectivity index (χ0v) is 18.3. The number of nitrogens with zero attached hydrogens (tertiary/aromatic N) is 3. The molecule has 10 heteroatoms. The fraction of sp³-hybridized carbons (Fsp3) is 0.571. The van der Waals surface area contributed by atoms with Crippen LogP contribution in [0.3, 0.4) is 0 Å². The summed E-state index contributed by atoms with van der Waals surface area (Å²) in [7, 11) is 0. The Kier molecular flexibility index (Phi) is 7.51. The summed E-state index contributed by atoms with van der Waals surface area (Å²) in [6, 6.07) is 5.28. The standard InChI is InChI=1S/C21H26F3N3O3S/c1-20(9-10-31-2)8-7-15(18(19(20)28)11-27-14-25-13-26-27)12-29-16-3-5-17(6-4-16)30-21(22,23)24/h3-6,13-15,18H,7-12H2,1-2H3/t15-,18-,20-/m0/s1. The van der Waals surface area contributed by atoms with E-state index in [0.29, 0.717) is 18.9 Å². The third kappa shape index (κ3) is 6.38. The van der Waals surface area contributed by atoms with Crippen LogP contribution in [0.15, 0.2) is 36.9 Å². The van der Waals surface area contributed by atoms with Gasteiger partial charge in [0.05, 0.1) is 13.2 Å². The highest BCUT2D eigenvalue weighted by atomic mass is 32.2. The Balaban J connectivity index is 1.67. The Bertz CT molecular complexity index is 846. The summed E-state index contributed by atoms with van der Waals surface area (Å²) >= 11 is 1.73. The van der Waals surface area contributed by atoms with Gasteiger partial charge in [0.25, 0.3) is 0 Å². The molecule has 3 rings (SSSR count). The average molecular weight is 458 g/mol. The van der Waals surface area contributed by atoms with Crippen LogP contribution >= 0.6 is 11.8 Å². The maximum atomic E-state index is 13.4. The summed E-state index contributed by atoms with van der Waals surface area (Å²) < 4.78 is 48.3. The van der Waals surface area contributed by atoms with E-state index in [1.807, 2.05) is 13.2 Å². The summed E-state index contributed by atoms with van der Waals surface area (Å²) in [6.07, 6.45) is 2.77. The Morgan fingerprint density at radius 2 is 1.97 bits per heavy atom. The van der Waals surface area contributed by atoms with E-state index < -0.39 is 6.36 Å². The van der Waals surface area contributed by atoms with Crippen molar-refractivity contribution in [2.75, 3.05) is 18.6 Å². The fourth-order valence-electron chi connectivity index (χ4n) is 3.97. The first-order valence-corrected chi connectivity index (χ1v) is 11.4. The van der Waals surface area contributed by atoms with Crippen molar-refractivity contribution in [1.29, 1.82) is 0 Å². The van der Waals surface area contributed by atoms with Crippen molar-refractivity contribution in [3.05, 3.63) is 36.9 Å². The van der Waals surface area contributed by atoms with E-state index in [-0.39, 0.29) is 28.8 Å². The molecule has 0 unspecified atom stereocenters. The molecule has 1 aliphatic rings. The molecule has 6 nitrogen and oxygen atoms in total. The summed E-state index contributed by atoms with van der Waals surface area (Å²) in [5, 5.41) is 4.15. The van der Waals surface area contributed by atoms with Gasteiger partial charge in [-0.3, -0.25) is 9.48 Å². The number of Topliss-reactive ketones (excluding diaryl/α,β-unsaturated/α-hetero) is 1. The lowest BCUT2D eigenvalue weighted by Gasteiger charge is -2.41. The second kappa shape index (κ2) is 9.93. The van der Waals surface area contributed by atoms with E-state index in [1.54, 1.807) is 22.8 Å². The average Bonchev–Trinajstić information content (AvgIpc) is 3.23. The minimum atomic E-state index is -4.73. The molecule has 0 spiro atoms. The molecular weight excluding hydrogens is 431 g/mol. The van der Waals surface area contributed by atoms with E-state index in [0.717, 1.165) is 25.0 Å². The smallest absolute Gasteiger partial charge is 0.493 e. The van der Waals surface area contributed by atoms with Crippen molar-refractivity contribution in [3.63, 3.8) is 0 Å². The van der Waals surface area contributed by atoms with Crippen LogP contribution in [-0.2, 0) is 11.3 Å². The number of ketones is 1. The lowest BCUT2D eigenvalue weighted by Crippen LogP contribution is -2.46. The summed E-state index contributed by atoms with van der Waals surface area (Å²) in [5.74, 6) is 0.968. The molecule has 0 amide bonds. The number of hydrogen-bond donors (Lipinski definition) is 0. The Morgan fingerprint density at radius 3 is 2.58 bits per heavy atom. The Labute approximate surface area is 183 Å². The Hall–Kier alpha value is -2.23. The first kappa shape index (κ1) is 23.4. The molecule has 170 valence electrons. The number of ether oxygens (including phenoxy) is 2. The largest absolute Gasteiger partial charge is 0.573 e. The maximum Gasteiger partial charge on any atom is 0.573 e. The molecule has 0 saturated heterocycles. The molecule has 1 fully saturated rings. The van der Waals surface area contributed by atoms with E-state index in [4.69, 9.17) is 4.74 Å². The minimum absolute atomic E-state index is 0.0230. The number of halogens is 3. The van der Waals surface area contributed by atoms with Gasteiger partial charge in [0, 0.05) is 17.3 Å². The highest BCUT2D eigenvalue weighted by molar-refractivity contribution is 7.98. The van der Waals surface area contributed by atoms with Gasteiger partial charge in [-0.05, 0) is 55.5 Å². The van der Waals surface area contributed by atoms with Gasteiger partial charge in [-0.15, -0.1) is 13.2 Å². The second-order valence-corrected chi connectivity index (χ2v) is 9.01. The van der Waals surface area contributed by atoms with Crippen LogP contribution in [0.25, 0.3) is 0 Å². The van der Waals surface area contributed by atoms with Gasteiger partial charge in [-0.25, -0.2) is 4.98 Å². The predicted molar refractivity (Wildman–Crippen MR) is 111 cm³/mol. The van der Waals surface area contributed by atoms with Crippen molar-refractivity contribution in [2.24, 2.45) is 17.3 Å². The lowest BCUT2D eigenvalue weighted by molar-refractivity contribution is -0.274. The zero-order valence-electron chi connectivity index (χ0n) is 17.5. The highest BCUT2D eigenvalue weighted by Crippen LogP contribution is 2.43. The number of carbonyl (C=O) groups excluding carboxylic acids is 1. The van der Waals surface area contributed by atoms with Crippen LogP contribution in [-0.4, -0.2) is 45.5 Å². The topological polar surface area (TPSA) is 66.2 Å². The van der Waals surface area contributed by atoms with E-state index >= 15 is 0 Å². The molecule has 1 aromatic heterocycles. The molecule has 0 bridgehead atoms. The Morgan fingerprint density at radius 1 is 1.26 bits per heavy atom. The summed E-state index contributed by atoms with van der Waals surface area (Å²) in [6.45, 7) is 2.76. The molecule has 31 heavy (non-hydrogen) atoms. The van der Waals surface area contributed by atoms with Crippen LogP contribution in [0, 0.1) is 17.3 Å². The van der Waals surface area contributed by atoms with Crippen molar-refractivity contribution in [3.8, 4) is 11.5 Å². The number of aromatic nitrogens is 3. The first-order chi connectivity index (χ1) is 14.7. The fourth-order valence-corrected chi connectivity index (χ4v) is 4.62. The van der Waals surface area contributed by atoms with Gasteiger partial charge in [-0.2, -0.15) is 16.9 Å². The zero-order chi connectivity index (χ0) is 22.5. The van der Waals surface area contributed by atoms with Crippen molar-refractivity contribution >= 4 is 17.5 Å². The molecule has 0 radical (unpaired) electrons. The number of thioether (sulfide) groups is 1. The molecule has 2 aromatic rings. The molecule has 3 atom stereocenters. The van der Waals surface area contributed by atoms with Gasteiger partial charge in [0.1, 0.15) is 29.9 Å². The molecule has 1 heterocycles. The molecule has 0 aliphatic heterocycles. The molecule has 1 aliphatic carbocycles. The lowest BCUT2D eigenvalue weighted by atomic mass is 9.64. The maximum absolute atomic E-state index is 13.4. The third-order valence-corrected chi connectivity index (χ3v) is 6.41. The van der Waals surface area contributed by atoms with E-state index in [2.05, 4.69) is 14.8 Å². The summed E-state index contributed by atoms with van der Waals surface area (Å²) in [5.41, 5.74) is -0.374. The van der Waals surface area contributed by atoms with Crippen LogP contribution in [0.2, 0.25) is 0 Å². The summed E-state index contributed by atoms with van der Waals surface area (Å²) in [4.78, 5) is 17.4. The number of hydrogen-bond acceptors (Lipinski definition) is 6. The van der Waals surface area contributed by atoms with Crippen molar-refractivity contribution < 1.29 is 27.4 Å². The van der Waals surface area contributed by atoms with Gasteiger partial charge in [0.15, 0.2) is 0 Å². The predicted octanol–water partition coefficient (Wildman–Crippen LogP) is 4.61. The van der Waals surface area contributed by atoms with Crippen molar-refractivity contribution in [2.45, 2.75) is 39.1 Å². The number of alkyl halides is 3. The van der Waals surface area contributed by atoms with Gasteiger partial charge in [0.2, 0.25) is 0 Å². The molecule has 1 saturated carbocycles. The molecular formula is C21H26F3N3O3S. The van der Waals surface area contributed by atoms with Gasteiger partial charge >= 0.3 is 6.36 Å². The van der Waals surface area contributed by atoms with Crippen LogP contribution in [0.1, 0.15) is 26.2 Å². The first-order valence-electron chi connectivity index (χ1n) is 10.0. The van der Waals surface area contributed by atoms with E-state index in [9.17, 15) is 18.0 Å². The normalized spacial score (nSPS) is 24.2. The van der Waals surface area contributed by atoms with Crippen LogP contribution in [0.4, 0.5) is 13.2 Å². The van der Waals surface area contributed by atoms with Crippen LogP contribution in [0.5, 0.6) is 11.5 Å². The minimum Gasteiger partial charge on any atom is -0.493 e. The van der Waals surface area contributed by atoms with E-state index in [1.165, 1.54) is 30.6 Å². The molecule has 0 N–H and O–H groups in total. The quantitative estimate of drug-likeness (QED) is 0.548. The third-order valence-electron chi connectivity index (χ3n) is 5.80. The number of rotatable bonds is 9. The van der Waals surface area contributed by atoms with Gasteiger partial charge in [-0.1, -0.05) is 6.92 Å². The number of benzene rings is 1.